The Morgan fingerprint density at radius 2 is 2.03 bits per heavy atom. The first kappa shape index (κ1) is 19.1. The number of amides is 1. The molecule has 2 aromatic carbocycles. The lowest BCUT2D eigenvalue weighted by Crippen LogP contribution is -2.36. The van der Waals surface area contributed by atoms with E-state index < -0.39 is 6.04 Å². The fourth-order valence-electron chi connectivity index (χ4n) is 3.63. The molecule has 1 aliphatic heterocycles. The van der Waals surface area contributed by atoms with E-state index in [1.807, 2.05) is 48.5 Å². The number of hydrogen-bond donors (Lipinski definition) is 1. The number of nitrogens with zero attached hydrogens (tertiary/aromatic N) is 2. The van der Waals surface area contributed by atoms with Gasteiger partial charge in [0.15, 0.2) is 17.5 Å². The largest absolute Gasteiger partial charge is 0.488 e. The molecule has 2 heterocycles. The van der Waals surface area contributed by atoms with Crippen LogP contribution in [0.4, 0.5) is 0 Å². The number of rotatable bonds is 7. The minimum Gasteiger partial charge on any atom is -0.488 e. The molecule has 4 rings (SSSR count). The van der Waals surface area contributed by atoms with Gasteiger partial charge in [-0.15, -0.1) is 0 Å². The van der Waals surface area contributed by atoms with Crippen molar-refractivity contribution in [2.75, 3.05) is 13.2 Å². The third kappa shape index (κ3) is 4.26. The van der Waals surface area contributed by atoms with Gasteiger partial charge in [-0.25, -0.2) is 0 Å². The first-order valence-electron chi connectivity index (χ1n) is 9.79. The number of carbonyl (C=O) groups excluding carboxylic acids is 1. The molecule has 0 saturated carbocycles. The number of aromatic nitrogens is 2. The molecule has 0 fully saturated rings. The van der Waals surface area contributed by atoms with Gasteiger partial charge in [-0.3, -0.25) is 9.48 Å². The lowest BCUT2D eigenvalue weighted by atomic mass is 10.0. The quantitative estimate of drug-likeness (QED) is 0.627. The Bertz CT molecular complexity index is 968. The van der Waals surface area contributed by atoms with Crippen molar-refractivity contribution in [3.05, 3.63) is 78.1 Å². The molecule has 1 N–H and O–H groups in total. The van der Waals surface area contributed by atoms with Crippen LogP contribution in [0.25, 0.3) is 0 Å². The minimum absolute atomic E-state index is 0.126. The van der Waals surface area contributed by atoms with E-state index in [0.29, 0.717) is 18.9 Å². The third-order valence-corrected chi connectivity index (χ3v) is 4.87. The molecule has 0 saturated heterocycles. The van der Waals surface area contributed by atoms with Crippen LogP contribution in [0.5, 0.6) is 11.5 Å². The van der Waals surface area contributed by atoms with Crippen LogP contribution in [0.3, 0.4) is 0 Å². The second-order valence-corrected chi connectivity index (χ2v) is 7.72. The van der Waals surface area contributed by atoms with E-state index in [1.165, 1.54) is 0 Å². The molecule has 0 bridgehead atoms. The number of para-hydroxylation sites is 1. The van der Waals surface area contributed by atoms with Crippen LogP contribution < -0.4 is 14.8 Å². The van der Waals surface area contributed by atoms with E-state index >= 15 is 0 Å². The van der Waals surface area contributed by atoms with E-state index in [-0.39, 0.29) is 11.5 Å². The molecule has 1 aromatic heterocycles. The van der Waals surface area contributed by atoms with Gasteiger partial charge < -0.3 is 14.8 Å². The number of fused-ring (bicyclic) bond motifs is 1. The highest BCUT2D eigenvalue weighted by atomic mass is 16.5. The Morgan fingerprint density at radius 1 is 1.21 bits per heavy atom. The number of carbonyl (C=O) groups is 1. The second-order valence-electron chi connectivity index (χ2n) is 7.72. The van der Waals surface area contributed by atoms with Gasteiger partial charge in [-0.05, 0) is 31.5 Å². The van der Waals surface area contributed by atoms with Gasteiger partial charge in [-0.1, -0.05) is 42.5 Å². The van der Waals surface area contributed by atoms with Crippen LogP contribution >= 0.6 is 0 Å². The van der Waals surface area contributed by atoms with Crippen LogP contribution in [0.1, 0.15) is 31.0 Å². The fraction of sp³-hybridized carbons (Fsp3) is 0.304. The molecule has 6 heteroatoms. The van der Waals surface area contributed by atoms with Crippen molar-refractivity contribution in [1.29, 1.82) is 0 Å². The molecule has 1 aliphatic rings. The van der Waals surface area contributed by atoms with Crippen molar-refractivity contribution < 1.29 is 14.3 Å². The van der Waals surface area contributed by atoms with Crippen molar-refractivity contribution in [3.63, 3.8) is 0 Å². The SMILES string of the molecule is CC1(C)Cc2cccc(OCCNC(=O)C(c3ccccc3)n3cccn3)c2O1. The molecule has 0 radical (unpaired) electrons. The van der Waals surface area contributed by atoms with Gasteiger partial charge in [0.25, 0.3) is 0 Å². The maximum absolute atomic E-state index is 12.9. The predicted molar refractivity (Wildman–Crippen MR) is 110 cm³/mol. The van der Waals surface area contributed by atoms with Gasteiger partial charge in [0.05, 0.1) is 6.54 Å². The molecule has 1 amide bonds. The highest BCUT2D eigenvalue weighted by molar-refractivity contribution is 5.83. The fourth-order valence-corrected chi connectivity index (χ4v) is 3.63. The molecule has 6 nitrogen and oxygen atoms in total. The molecule has 1 atom stereocenters. The Balaban J connectivity index is 1.37. The predicted octanol–water partition coefficient (Wildman–Crippen LogP) is 3.38. The smallest absolute Gasteiger partial charge is 0.249 e. The average Bonchev–Trinajstić information content (AvgIpc) is 3.33. The summed E-state index contributed by atoms with van der Waals surface area (Å²) >= 11 is 0. The highest BCUT2D eigenvalue weighted by Gasteiger charge is 2.32. The Hall–Kier alpha value is -3.28. The molecular formula is C23H25N3O3. The minimum atomic E-state index is -0.517. The van der Waals surface area contributed by atoms with Crippen molar-refractivity contribution in [1.82, 2.24) is 15.1 Å². The summed E-state index contributed by atoms with van der Waals surface area (Å²) in [6.07, 6.45) is 4.32. The molecule has 0 aliphatic carbocycles. The van der Waals surface area contributed by atoms with Gasteiger partial charge in [-0.2, -0.15) is 5.10 Å². The number of nitrogens with one attached hydrogen (secondary N) is 1. The summed E-state index contributed by atoms with van der Waals surface area (Å²) in [5.74, 6) is 1.40. The summed E-state index contributed by atoms with van der Waals surface area (Å²) in [5.41, 5.74) is 1.81. The van der Waals surface area contributed by atoms with Crippen molar-refractivity contribution in [3.8, 4) is 11.5 Å². The molecular weight excluding hydrogens is 366 g/mol. The zero-order valence-corrected chi connectivity index (χ0v) is 16.7. The van der Waals surface area contributed by atoms with Crippen LogP contribution in [0, 0.1) is 0 Å². The topological polar surface area (TPSA) is 65.4 Å². The highest BCUT2D eigenvalue weighted by Crippen LogP contribution is 2.41. The van der Waals surface area contributed by atoms with Crippen molar-refractivity contribution in [2.45, 2.75) is 31.9 Å². The van der Waals surface area contributed by atoms with E-state index in [9.17, 15) is 4.79 Å². The first-order valence-corrected chi connectivity index (χ1v) is 9.79. The van der Waals surface area contributed by atoms with Gasteiger partial charge in [0, 0.05) is 24.4 Å². The molecule has 29 heavy (non-hydrogen) atoms. The molecule has 3 aromatic rings. The van der Waals surface area contributed by atoms with E-state index in [1.54, 1.807) is 17.1 Å². The first-order chi connectivity index (χ1) is 14.0. The zero-order chi connectivity index (χ0) is 20.3. The molecule has 150 valence electrons. The summed E-state index contributed by atoms with van der Waals surface area (Å²) in [5, 5.41) is 7.21. The summed E-state index contributed by atoms with van der Waals surface area (Å²) < 4.78 is 13.6. The van der Waals surface area contributed by atoms with E-state index in [2.05, 4.69) is 30.3 Å². The Morgan fingerprint density at radius 3 is 2.79 bits per heavy atom. The molecule has 0 spiro atoms. The van der Waals surface area contributed by atoms with Crippen LogP contribution in [-0.4, -0.2) is 34.4 Å². The van der Waals surface area contributed by atoms with E-state index in [4.69, 9.17) is 9.47 Å². The van der Waals surface area contributed by atoms with Crippen LogP contribution in [0.15, 0.2) is 67.0 Å². The van der Waals surface area contributed by atoms with Crippen molar-refractivity contribution in [2.24, 2.45) is 0 Å². The normalized spacial score (nSPS) is 15.2. The van der Waals surface area contributed by atoms with Gasteiger partial charge >= 0.3 is 0 Å². The summed E-state index contributed by atoms with van der Waals surface area (Å²) in [4.78, 5) is 12.9. The summed E-state index contributed by atoms with van der Waals surface area (Å²) in [7, 11) is 0. The number of ether oxygens (including phenoxy) is 2. The second kappa shape index (κ2) is 7.99. The lowest BCUT2D eigenvalue weighted by Gasteiger charge is -2.19. The number of benzene rings is 2. The summed E-state index contributed by atoms with van der Waals surface area (Å²) in [6, 6.07) is 16.8. The maximum atomic E-state index is 12.9. The van der Waals surface area contributed by atoms with Gasteiger partial charge in [0.1, 0.15) is 12.2 Å². The number of hydrogen-bond acceptors (Lipinski definition) is 4. The monoisotopic (exact) mass is 391 g/mol. The van der Waals surface area contributed by atoms with Gasteiger partial charge in [0.2, 0.25) is 5.91 Å². The maximum Gasteiger partial charge on any atom is 0.249 e. The average molecular weight is 391 g/mol. The standard InChI is InChI=1S/C23H25N3O3/c1-23(2)16-18-10-6-11-19(21(18)29-23)28-15-13-24-22(27)20(26-14-7-12-25-26)17-8-4-3-5-9-17/h3-12,14,20H,13,15-16H2,1-2H3,(H,24,27). The Kier molecular flexibility index (Phi) is 5.25. The van der Waals surface area contributed by atoms with Crippen LogP contribution in [0.2, 0.25) is 0 Å². The zero-order valence-electron chi connectivity index (χ0n) is 16.7. The Labute approximate surface area is 170 Å². The van der Waals surface area contributed by atoms with E-state index in [0.717, 1.165) is 23.3 Å². The third-order valence-electron chi connectivity index (χ3n) is 4.87. The summed E-state index contributed by atoms with van der Waals surface area (Å²) in [6.45, 7) is 4.87. The van der Waals surface area contributed by atoms with Crippen LogP contribution in [-0.2, 0) is 11.2 Å². The van der Waals surface area contributed by atoms with Crippen molar-refractivity contribution >= 4 is 5.91 Å². The lowest BCUT2D eigenvalue weighted by molar-refractivity contribution is -0.123. The molecule has 1 unspecified atom stereocenters.